The molecule has 1 aromatic carbocycles. The molecule has 3 rings (SSSR count). The summed E-state index contributed by atoms with van der Waals surface area (Å²) in [6, 6.07) is 5.14. The van der Waals surface area contributed by atoms with Crippen LogP contribution in [0.2, 0.25) is 5.02 Å². The van der Waals surface area contributed by atoms with Crippen molar-refractivity contribution in [2.75, 3.05) is 19.7 Å². The molecule has 6 heteroatoms. The SMILES string of the molecule is O=S(=O)(c1ccc(C2CNCCO2)cc1Cl)C1CC1. The molecule has 1 atom stereocenters. The number of halogens is 1. The van der Waals surface area contributed by atoms with Crippen molar-refractivity contribution >= 4 is 21.4 Å². The van der Waals surface area contributed by atoms with Gasteiger partial charge in [-0.25, -0.2) is 8.42 Å². The third-order valence-electron chi connectivity index (χ3n) is 3.53. The predicted molar refractivity (Wildman–Crippen MR) is 73.2 cm³/mol. The minimum Gasteiger partial charge on any atom is -0.371 e. The summed E-state index contributed by atoms with van der Waals surface area (Å²) in [5.41, 5.74) is 0.923. The number of benzene rings is 1. The van der Waals surface area contributed by atoms with E-state index in [0.717, 1.165) is 31.5 Å². The van der Waals surface area contributed by atoms with Gasteiger partial charge in [-0.15, -0.1) is 0 Å². The number of hydrogen-bond donors (Lipinski definition) is 1. The molecule has 19 heavy (non-hydrogen) atoms. The number of nitrogens with one attached hydrogen (secondary N) is 1. The van der Waals surface area contributed by atoms with E-state index in [1.54, 1.807) is 18.2 Å². The number of rotatable bonds is 3. The topological polar surface area (TPSA) is 55.4 Å². The molecule has 1 heterocycles. The highest BCUT2D eigenvalue weighted by Gasteiger charge is 2.38. The van der Waals surface area contributed by atoms with Crippen LogP contribution in [0.15, 0.2) is 23.1 Å². The second-order valence-electron chi connectivity index (χ2n) is 5.00. The quantitative estimate of drug-likeness (QED) is 0.927. The van der Waals surface area contributed by atoms with Crippen LogP contribution in [0, 0.1) is 0 Å². The van der Waals surface area contributed by atoms with Crippen LogP contribution in [0.4, 0.5) is 0 Å². The maximum atomic E-state index is 12.2. The lowest BCUT2D eigenvalue weighted by molar-refractivity contribution is 0.0277. The fraction of sp³-hybridized carbons (Fsp3) is 0.538. The van der Waals surface area contributed by atoms with Gasteiger partial charge in [-0.2, -0.15) is 0 Å². The first-order valence-corrected chi connectivity index (χ1v) is 8.37. The van der Waals surface area contributed by atoms with E-state index in [2.05, 4.69) is 5.32 Å². The maximum Gasteiger partial charge on any atom is 0.182 e. The highest BCUT2D eigenvalue weighted by molar-refractivity contribution is 7.92. The molecular weight excluding hydrogens is 286 g/mol. The summed E-state index contributed by atoms with van der Waals surface area (Å²) in [4.78, 5) is 0.254. The molecule has 1 aliphatic carbocycles. The Bertz CT molecular complexity index is 578. The van der Waals surface area contributed by atoms with Crippen molar-refractivity contribution in [1.82, 2.24) is 5.32 Å². The van der Waals surface area contributed by atoms with Crippen molar-refractivity contribution in [1.29, 1.82) is 0 Å². The first-order valence-electron chi connectivity index (χ1n) is 6.45. The molecule has 1 unspecified atom stereocenters. The molecule has 1 saturated heterocycles. The van der Waals surface area contributed by atoms with Crippen LogP contribution in [0.1, 0.15) is 24.5 Å². The van der Waals surface area contributed by atoms with E-state index in [9.17, 15) is 8.42 Å². The minimum atomic E-state index is -3.23. The van der Waals surface area contributed by atoms with Gasteiger partial charge in [0.1, 0.15) is 0 Å². The summed E-state index contributed by atoms with van der Waals surface area (Å²) in [6.07, 6.45) is 1.44. The van der Waals surface area contributed by atoms with Gasteiger partial charge < -0.3 is 10.1 Å². The summed E-state index contributed by atoms with van der Waals surface area (Å²) in [5.74, 6) is 0. The van der Waals surface area contributed by atoms with Gasteiger partial charge in [-0.1, -0.05) is 17.7 Å². The van der Waals surface area contributed by atoms with Gasteiger partial charge in [0.2, 0.25) is 0 Å². The fourth-order valence-corrected chi connectivity index (χ4v) is 4.50. The largest absolute Gasteiger partial charge is 0.371 e. The van der Waals surface area contributed by atoms with E-state index in [-0.39, 0.29) is 16.2 Å². The highest BCUT2D eigenvalue weighted by Crippen LogP contribution is 2.37. The van der Waals surface area contributed by atoms with Crippen molar-refractivity contribution in [3.63, 3.8) is 0 Å². The molecule has 0 spiro atoms. The molecule has 0 amide bonds. The highest BCUT2D eigenvalue weighted by atomic mass is 35.5. The number of hydrogen-bond acceptors (Lipinski definition) is 4. The van der Waals surface area contributed by atoms with Gasteiger partial charge in [-0.05, 0) is 30.5 Å². The predicted octanol–water partition coefficient (Wildman–Crippen LogP) is 1.94. The Kier molecular flexibility index (Phi) is 3.55. The number of morpholine rings is 1. The van der Waals surface area contributed by atoms with Gasteiger partial charge in [0.05, 0.1) is 27.9 Å². The van der Waals surface area contributed by atoms with Crippen molar-refractivity contribution in [2.45, 2.75) is 29.1 Å². The van der Waals surface area contributed by atoms with E-state index in [1.165, 1.54) is 0 Å². The number of ether oxygens (including phenoxy) is 1. The zero-order chi connectivity index (χ0) is 13.5. The van der Waals surface area contributed by atoms with Gasteiger partial charge in [0.15, 0.2) is 9.84 Å². The number of sulfone groups is 1. The Balaban J connectivity index is 1.89. The van der Waals surface area contributed by atoms with Crippen molar-refractivity contribution in [3.05, 3.63) is 28.8 Å². The Morgan fingerprint density at radius 2 is 2.11 bits per heavy atom. The van der Waals surface area contributed by atoms with Crippen LogP contribution in [0.3, 0.4) is 0 Å². The lowest BCUT2D eigenvalue weighted by atomic mass is 10.1. The molecule has 0 bridgehead atoms. The van der Waals surface area contributed by atoms with Crippen molar-refractivity contribution < 1.29 is 13.2 Å². The second kappa shape index (κ2) is 5.05. The van der Waals surface area contributed by atoms with Crippen LogP contribution in [0.5, 0.6) is 0 Å². The van der Waals surface area contributed by atoms with E-state index >= 15 is 0 Å². The van der Waals surface area contributed by atoms with Gasteiger partial charge in [0, 0.05) is 13.1 Å². The molecule has 1 aliphatic heterocycles. The van der Waals surface area contributed by atoms with E-state index in [4.69, 9.17) is 16.3 Å². The summed E-state index contributed by atoms with van der Waals surface area (Å²) >= 11 is 6.15. The summed E-state index contributed by atoms with van der Waals surface area (Å²) < 4.78 is 30.0. The first kappa shape index (κ1) is 13.4. The minimum absolute atomic E-state index is 0.0519. The smallest absolute Gasteiger partial charge is 0.182 e. The molecule has 1 saturated carbocycles. The maximum absolute atomic E-state index is 12.2. The second-order valence-corrected chi connectivity index (χ2v) is 7.60. The van der Waals surface area contributed by atoms with Crippen molar-refractivity contribution in [3.8, 4) is 0 Å². The van der Waals surface area contributed by atoms with Crippen molar-refractivity contribution in [2.24, 2.45) is 0 Å². The zero-order valence-electron chi connectivity index (χ0n) is 10.4. The van der Waals surface area contributed by atoms with Crippen LogP contribution in [0.25, 0.3) is 0 Å². The molecule has 104 valence electrons. The molecule has 1 aromatic rings. The Hall–Kier alpha value is -0.620. The van der Waals surface area contributed by atoms with Crippen LogP contribution in [-0.4, -0.2) is 33.4 Å². The molecular formula is C13H16ClNO3S. The molecule has 0 aromatic heterocycles. The van der Waals surface area contributed by atoms with Crippen LogP contribution < -0.4 is 5.32 Å². The lowest BCUT2D eigenvalue weighted by Crippen LogP contribution is -2.33. The van der Waals surface area contributed by atoms with Crippen LogP contribution in [-0.2, 0) is 14.6 Å². The van der Waals surface area contributed by atoms with Gasteiger partial charge >= 0.3 is 0 Å². The summed E-state index contributed by atoms with van der Waals surface area (Å²) in [5, 5.41) is 3.31. The fourth-order valence-electron chi connectivity index (χ4n) is 2.29. The van der Waals surface area contributed by atoms with Gasteiger partial charge in [-0.3, -0.25) is 0 Å². The van der Waals surface area contributed by atoms with E-state index < -0.39 is 9.84 Å². The van der Waals surface area contributed by atoms with E-state index in [0.29, 0.717) is 11.6 Å². The normalized spacial score (nSPS) is 24.4. The standard InChI is InChI=1S/C13H16ClNO3S/c14-11-7-9(12-8-15-5-6-18-12)1-4-13(11)19(16,17)10-2-3-10/h1,4,7,10,12,15H,2-3,5-6,8H2. The van der Waals surface area contributed by atoms with E-state index in [1.807, 2.05) is 0 Å². The summed E-state index contributed by atoms with van der Waals surface area (Å²) in [7, 11) is -3.23. The van der Waals surface area contributed by atoms with Crippen LogP contribution >= 0.6 is 11.6 Å². The average Bonchev–Trinajstić information content (AvgIpc) is 3.24. The third kappa shape index (κ3) is 2.65. The Morgan fingerprint density at radius 1 is 1.32 bits per heavy atom. The molecule has 0 radical (unpaired) electrons. The lowest BCUT2D eigenvalue weighted by Gasteiger charge is -2.24. The zero-order valence-corrected chi connectivity index (χ0v) is 12.0. The third-order valence-corrected chi connectivity index (χ3v) is 6.27. The first-order chi connectivity index (χ1) is 9.09. The average molecular weight is 302 g/mol. The summed E-state index contributed by atoms with van der Waals surface area (Å²) in [6.45, 7) is 2.23. The van der Waals surface area contributed by atoms with Gasteiger partial charge in [0.25, 0.3) is 0 Å². The molecule has 4 nitrogen and oxygen atoms in total. The molecule has 2 aliphatic rings. The monoisotopic (exact) mass is 301 g/mol. The molecule has 1 N–H and O–H groups in total. The Labute approximate surface area is 118 Å². The molecule has 2 fully saturated rings. The Morgan fingerprint density at radius 3 is 2.68 bits per heavy atom.